The second-order valence-electron chi connectivity index (χ2n) is 9.04. The lowest BCUT2D eigenvalue weighted by atomic mass is 9.92. The van der Waals surface area contributed by atoms with Gasteiger partial charge in [0.2, 0.25) is 6.29 Å². The van der Waals surface area contributed by atoms with Crippen molar-refractivity contribution >= 4 is 67.2 Å². The number of thioether (sulfide) groups is 1. The molecule has 0 aliphatic heterocycles. The van der Waals surface area contributed by atoms with Crippen LogP contribution in [0.1, 0.15) is 52.5 Å². The summed E-state index contributed by atoms with van der Waals surface area (Å²) in [6.45, 7) is 7.41. The van der Waals surface area contributed by atoms with Crippen molar-refractivity contribution in [1.29, 1.82) is 0 Å². The van der Waals surface area contributed by atoms with Crippen LogP contribution >= 0.6 is 49.3 Å². The van der Waals surface area contributed by atoms with Crippen molar-refractivity contribution in [2.45, 2.75) is 71.0 Å². The van der Waals surface area contributed by atoms with Crippen LogP contribution in [0.15, 0.2) is 28.7 Å². The lowest BCUT2D eigenvalue weighted by Gasteiger charge is -2.22. The molecule has 1 rings (SSSR count). The van der Waals surface area contributed by atoms with Crippen molar-refractivity contribution < 1.29 is 28.6 Å². The molecule has 0 aliphatic rings. The molecule has 0 amide bonds. The molecule has 7 nitrogen and oxygen atoms in total. The Morgan fingerprint density at radius 3 is 2.35 bits per heavy atom. The van der Waals surface area contributed by atoms with E-state index in [1.165, 1.54) is 6.92 Å². The minimum absolute atomic E-state index is 0.00177. The average molecular weight is 639 g/mol. The Hall–Kier alpha value is -0.880. The van der Waals surface area contributed by atoms with Crippen LogP contribution < -0.4 is 5.73 Å². The summed E-state index contributed by atoms with van der Waals surface area (Å²) >= 11 is 5.19. The molecule has 0 heterocycles. The SMILES string of the molecule is CCOC(=O)OC(C)OC(=O)C(CC(=O)C(CC(C)C)SSC[C@@H](N)CCSC)Cc1ccc(Br)cc1. The van der Waals surface area contributed by atoms with Crippen LogP contribution in [-0.2, 0) is 30.2 Å². The number of halogens is 1. The van der Waals surface area contributed by atoms with Crippen LogP contribution in [-0.4, -0.2) is 59.9 Å². The first-order valence-corrected chi connectivity index (χ1v) is 17.0. The number of ether oxygens (including phenoxy) is 3. The molecule has 3 unspecified atom stereocenters. The number of ketones is 1. The average Bonchev–Trinajstić information content (AvgIpc) is 2.82. The number of benzene rings is 1. The standard InChI is InChI=1S/C26H40BrNO6S3/c1-6-32-26(31)34-18(4)33-25(30)20(14-19-7-9-21(27)10-8-19)15-23(29)24(13-17(2)3)37-36-16-22(28)11-12-35-5/h7-10,17-18,20,22,24H,6,11-16,28H2,1-5H3/t18?,20?,22-,24?/m0/s1. The Morgan fingerprint density at radius 1 is 1.08 bits per heavy atom. The molecule has 1 aromatic carbocycles. The minimum atomic E-state index is -1.13. The normalized spacial score (nSPS) is 14.5. The third-order valence-electron chi connectivity index (χ3n) is 5.19. The van der Waals surface area contributed by atoms with Gasteiger partial charge < -0.3 is 19.9 Å². The minimum Gasteiger partial charge on any atom is -0.435 e. The predicted molar refractivity (Wildman–Crippen MR) is 159 cm³/mol. The Kier molecular flexibility index (Phi) is 17.7. The second kappa shape index (κ2) is 19.2. The lowest BCUT2D eigenvalue weighted by Crippen LogP contribution is -2.31. The fraction of sp³-hybridized carbons (Fsp3) is 0.654. The van der Waals surface area contributed by atoms with Crippen molar-refractivity contribution in [1.82, 2.24) is 0 Å². The van der Waals surface area contributed by atoms with E-state index in [-0.39, 0.29) is 30.1 Å². The number of Topliss-reactive ketones (excluding diaryl/α,β-unsaturated/α-hetero) is 1. The molecule has 11 heteroatoms. The zero-order chi connectivity index (χ0) is 27.8. The number of esters is 1. The van der Waals surface area contributed by atoms with Gasteiger partial charge in [0.05, 0.1) is 17.8 Å². The molecule has 1 aromatic rings. The molecule has 4 atom stereocenters. The van der Waals surface area contributed by atoms with E-state index in [0.29, 0.717) is 18.8 Å². The summed E-state index contributed by atoms with van der Waals surface area (Å²) in [6, 6.07) is 7.67. The smallest absolute Gasteiger partial charge is 0.435 e. The number of hydrogen-bond acceptors (Lipinski definition) is 10. The van der Waals surface area contributed by atoms with Gasteiger partial charge in [-0.1, -0.05) is 63.5 Å². The van der Waals surface area contributed by atoms with E-state index in [4.69, 9.17) is 19.9 Å². The van der Waals surface area contributed by atoms with Gasteiger partial charge in [-0.05, 0) is 61.8 Å². The maximum Gasteiger partial charge on any atom is 0.511 e. The van der Waals surface area contributed by atoms with E-state index in [1.54, 1.807) is 40.3 Å². The highest BCUT2D eigenvalue weighted by atomic mass is 79.9. The summed E-state index contributed by atoms with van der Waals surface area (Å²) < 4.78 is 16.0. The van der Waals surface area contributed by atoms with Crippen molar-refractivity contribution in [3.8, 4) is 0 Å². The predicted octanol–water partition coefficient (Wildman–Crippen LogP) is 6.51. The first-order valence-electron chi connectivity index (χ1n) is 12.4. The number of carbonyl (C=O) groups is 3. The first kappa shape index (κ1) is 34.1. The highest BCUT2D eigenvalue weighted by molar-refractivity contribution is 9.10. The summed E-state index contributed by atoms with van der Waals surface area (Å²) in [4.78, 5) is 38.1. The zero-order valence-corrected chi connectivity index (χ0v) is 26.3. The Labute approximate surface area is 242 Å². The Morgan fingerprint density at radius 2 is 1.76 bits per heavy atom. The molecule has 0 bridgehead atoms. The van der Waals surface area contributed by atoms with Gasteiger partial charge in [0.1, 0.15) is 5.78 Å². The maximum absolute atomic E-state index is 13.4. The Bertz CT molecular complexity index is 827. The molecular formula is C26H40BrNO6S3. The van der Waals surface area contributed by atoms with E-state index in [1.807, 2.05) is 24.3 Å². The van der Waals surface area contributed by atoms with Crippen molar-refractivity contribution in [3.63, 3.8) is 0 Å². The van der Waals surface area contributed by atoms with Gasteiger partial charge in [0.25, 0.3) is 0 Å². The van der Waals surface area contributed by atoms with E-state index in [9.17, 15) is 14.4 Å². The largest absolute Gasteiger partial charge is 0.511 e. The van der Waals surface area contributed by atoms with Gasteiger partial charge in [-0.3, -0.25) is 9.59 Å². The summed E-state index contributed by atoms with van der Waals surface area (Å²) in [6.07, 6.45) is 2.02. The fourth-order valence-electron chi connectivity index (χ4n) is 3.30. The number of carbonyl (C=O) groups excluding carboxylic acids is 3. The van der Waals surface area contributed by atoms with E-state index in [0.717, 1.165) is 28.0 Å². The van der Waals surface area contributed by atoms with Gasteiger partial charge in [-0.2, -0.15) is 11.8 Å². The first-order chi connectivity index (χ1) is 17.5. The summed E-state index contributed by atoms with van der Waals surface area (Å²) in [5, 5.41) is -0.258. The topological polar surface area (TPSA) is 105 Å². The van der Waals surface area contributed by atoms with Crippen LogP contribution in [0.25, 0.3) is 0 Å². The maximum atomic E-state index is 13.4. The van der Waals surface area contributed by atoms with E-state index >= 15 is 0 Å². The number of nitrogens with two attached hydrogens (primary N) is 1. The highest BCUT2D eigenvalue weighted by Gasteiger charge is 2.30. The van der Waals surface area contributed by atoms with Crippen LogP contribution in [0.4, 0.5) is 4.79 Å². The highest BCUT2D eigenvalue weighted by Crippen LogP contribution is 2.34. The van der Waals surface area contributed by atoms with Crippen LogP contribution in [0.3, 0.4) is 0 Å². The summed E-state index contributed by atoms with van der Waals surface area (Å²) in [5.41, 5.74) is 7.10. The van der Waals surface area contributed by atoms with Gasteiger partial charge in [-0.25, -0.2) is 4.79 Å². The summed E-state index contributed by atoms with van der Waals surface area (Å²) in [7, 11) is 3.17. The molecule has 0 saturated carbocycles. The van der Waals surface area contributed by atoms with Gasteiger partial charge in [0.15, 0.2) is 0 Å². The molecule has 37 heavy (non-hydrogen) atoms. The third kappa shape index (κ3) is 15.3. The van der Waals surface area contributed by atoms with Crippen molar-refractivity contribution in [2.24, 2.45) is 17.6 Å². The third-order valence-corrected chi connectivity index (χ3v) is 9.26. The molecule has 2 N–H and O–H groups in total. The molecule has 0 saturated heterocycles. The van der Waals surface area contributed by atoms with E-state index in [2.05, 4.69) is 36.0 Å². The van der Waals surface area contributed by atoms with Gasteiger partial charge in [0, 0.05) is 29.6 Å². The lowest BCUT2D eigenvalue weighted by molar-refractivity contribution is -0.173. The molecular weight excluding hydrogens is 598 g/mol. The van der Waals surface area contributed by atoms with Gasteiger partial charge >= 0.3 is 12.1 Å². The molecule has 0 aromatic heterocycles. The molecule has 210 valence electrons. The van der Waals surface area contributed by atoms with Crippen LogP contribution in [0.2, 0.25) is 0 Å². The monoisotopic (exact) mass is 637 g/mol. The quantitative estimate of drug-likeness (QED) is 0.109. The van der Waals surface area contributed by atoms with Crippen molar-refractivity contribution in [3.05, 3.63) is 34.3 Å². The molecule has 0 spiro atoms. The fourth-order valence-corrected chi connectivity index (χ4v) is 7.17. The number of rotatable bonds is 18. The van der Waals surface area contributed by atoms with Crippen LogP contribution in [0.5, 0.6) is 0 Å². The van der Waals surface area contributed by atoms with Crippen LogP contribution in [0, 0.1) is 11.8 Å². The summed E-state index contributed by atoms with van der Waals surface area (Å²) in [5.74, 6) is 0.794. The number of hydrogen-bond donors (Lipinski definition) is 1. The van der Waals surface area contributed by atoms with Crippen molar-refractivity contribution in [2.75, 3.05) is 24.4 Å². The molecule has 0 aliphatic carbocycles. The molecule has 0 fully saturated rings. The Balaban J connectivity index is 2.92. The zero-order valence-electron chi connectivity index (χ0n) is 22.3. The van der Waals surface area contributed by atoms with E-state index < -0.39 is 24.3 Å². The molecule has 0 radical (unpaired) electrons. The van der Waals surface area contributed by atoms with Gasteiger partial charge in [-0.15, -0.1) is 0 Å². The second-order valence-corrected chi connectivity index (χ2v) is 13.6.